The highest BCUT2D eigenvalue weighted by atomic mass is 16.5. The Labute approximate surface area is 107 Å². The monoisotopic (exact) mass is 242 g/mol. The van der Waals surface area contributed by atoms with Gasteiger partial charge in [0, 0.05) is 25.7 Å². The number of rotatable bonds is 6. The fraction of sp³-hybridized carbons (Fsp3) is 1.00. The zero-order valence-corrected chi connectivity index (χ0v) is 12.2. The Kier molecular flexibility index (Phi) is 6.45. The molecule has 0 aromatic heterocycles. The highest BCUT2D eigenvalue weighted by Crippen LogP contribution is 2.14. The van der Waals surface area contributed by atoms with Crippen molar-refractivity contribution in [3.8, 4) is 0 Å². The van der Waals surface area contributed by atoms with E-state index in [9.17, 15) is 0 Å². The molecular formula is C14H30N2O. The lowest BCUT2D eigenvalue weighted by molar-refractivity contribution is -0.0710. The minimum atomic E-state index is 0.373. The molecule has 4 atom stereocenters. The molecule has 3 heteroatoms. The lowest BCUT2D eigenvalue weighted by atomic mass is 9.98. The predicted octanol–water partition coefficient (Wildman–Crippen LogP) is 2.12. The molecule has 2 unspecified atom stereocenters. The molecule has 0 aromatic rings. The number of nitrogens with zero attached hydrogens (tertiary/aromatic N) is 1. The second kappa shape index (κ2) is 7.34. The average Bonchev–Trinajstić information content (AvgIpc) is 2.26. The maximum absolute atomic E-state index is 5.78. The summed E-state index contributed by atoms with van der Waals surface area (Å²) in [4.78, 5) is 2.55. The van der Waals surface area contributed by atoms with E-state index in [-0.39, 0.29) is 0 Å². The van der Waals surface area contributed by atoms with Gasteiger partial charge in [0.1, 0.15) is 0 Å². The molecule has 1 saturated heterocycles. The first-order chi connectivity index (χ1) is 8.06. The normalized spacial score (nSPS) is 30.2. The van der Waals surface area contributed by atoms with E-state index in [1.807, 2.05) is 0 Å². The van der Waals surface area contributed by atoms with Crippen molar-refractivity contribution < 1.29 is 4.74 Å². The minimum absolute atomic E-state index is 0.373. The second-order valence-electron chi connectivity index (χ2n) is 5.53. The lowest BCUT2D eigenvalue weighted by Gasteiger charge is -2.38. The van der Waals surface area contributed by atoms with Crippen molar-refractivity contribution >= 4 is 0 Å². The minimum Gasteiger partial charge on any atom is -0.373 e. The van der Waals surface area contributed by atoms with Crippen LogP contribution in [0, 0.1) is 5.92 Å². The van der Waals surface area contributed by atoms with E-state index in [1.54, 1.807) is 0 Å². The molecule has 3 nitrogen and oxygen atoms in total. The molecule has 1 aliphatic heterocycles. The molecule has 102 valence electrons. The summed E-state index contributed by atoms with van der Waals surface area (Å²) in [5, 5.41) is 3.63. The summed E-state index contributed by atoms with van der Waals surface area (Å²) in [5.74, 6) is 0.739. The smallest absolute Gasteiger partial charge is 0.0678 e. The summed E-state index contributed by atoms with van der Waals surface area (Å²) in [6.45, 7) is 15.5. The molecule has 17 heavy (non-hydrogen) atoms. The molecule has 1 heterocycles. The van der Waals surface area contributed by atoms with Gasteiger partial charge in [-0.25, -0.2) is 0 Å². The van der Waals surface area contributed by atoms with Gasteiger partial charge in [-0.2, -0.15) is 0 Å². The molecule has 1 N–H and O–H groups in total. The maximum Gasteiger partial charge on any atom is 0.0678 e. The van der Waals surface area contributed by atoms with Crippen molar-refractivity contribution in [2.24, 2.45) is 5.92 Å². The molecular weight excluding hydrogens is 212 g/mol. The molecule has 1 fully saturated rings. The van der Waals surface area contributed by atoms with Gasteiger partial charge in [-0.1, -0.05) is 27.2 Å². The van der Waals surface area contributed by atoms with Crippen LogP contribution in [0.3, 0.4) is 0 Å². The van der Waals surface area contributed by atoms with Gasteiger partial charge in [0.05, 0.1) is 12.2 Å². The van der Waals surface area contributed by atoms with Crippen LogP contribution in [0.25, 0.3) is 0 Å². The van der Waals surface area contributed by atoms with Gasteiger partial charge in [0.25, 0.3) is 0 Å². The Hall–Kier alpha value is -0.120. The van der Waals surface area contributed by atoms with Crippen LogP contribution in [0.1, 0.15) is 41.0 Å². The first kappa shape index (κ1) is 14.9. The summed E-state index contributed by atoms with van der Waals surface area (Å²) in [5.41, 5.74) is 0. The molecule has 0 saturated carbocycles. The third kappa shape index (κ3) is 4.94. The highest BCUT2D eigenvalue weighted by Gasteiger charge is 2.25. The van der Waals surface area contributed by atoms with Crippen molar-refractivity contribution in [2.45, 2.75) is 59.3 Å². The van der Waals surface area contributed by atoms with Gasteiger partial charge in [0.15, 0.2) is 0 Å². The molecule has 1 rings (SSSR count). The van der Waals surface area contributed by atoms with Gasteiger partial charge in [-0.05, 0) is 26.3 Å². The Morgan fingerprint density at radius 1 is 1.24 bits per heavy atom. The van der Waals surface area contributed by atoms with Gasteiger partial charge in [-0.3, -0.25) is 4.90 Å². The molecule has 1 aliphatic rings. The Morgan fingerprint density at radius 2 is 1.82 bits per heavy atom. The number of hydrogen-bond donors (Lipinski definition) is 1. The fourth-order valence-corrected chi connectivity index (χ4v) is 2.70. The van der Waals surface area contributed by atoms with E-state index in [0.29, 0.717) is 18.2 Å². The number of morpholine rings is 1. The molecule has 0 radical (unpaired) electrons. The number of hydrogen-bond acceptors (Lipinski definition) is 3. The lowest BCUT2D eigenvalue weighted by Crippen LogP contribution is -2.52. The third-order valence-corrected chi connectivity index (χ3v) is 3.75. The van der Waals surface area contributed by atoms with Crippen molar-refractivity contribution in [3.63, 3.8) is 0 Å². The van der Waals surface area contributed by atoms with Crippen molar-refractivity contribution in [3.05, 3.63) is 0 Å². The Bertz CT molecular complexity index is 200. The quantitative estimate of drug-likeness (QED) is 0.772. The molecule has 0 amide bonds. The van der Waals surface area contributed by atoms with Crippen LogP contribution in [0.2, 0.25) is 0 Å². The third-order valence-electron chi connectivity index (χ3n) is 3.75. The highest BCUT2D eigenvalue weighted by molar-refractivity contribution is 4.80. The van der Waals surface area contributed by atoms with Gasteiger partial charge in [0.2, 0.25) is 0 Å². The van der Waals surface area contributed by atoms with E-state index in [1.165, 1.54) is 6.42 Å². The molecule has 0 aliphatic carbocycles. The number of ether oxygens (including phenoxy) is 1. The molecule has 0 aromatic carbocycles. The molecule has 0 bridgehead atoms. The Balaban J connectivity index is 2.47. The zero-order chi connectivity index (χ0) is 12.8. The van der Waals surface area contributed by atoms with Gasteiger partial charge >= 0.3 is 0 Å². The van der Waals surface area contributed by atoms with E-state index < -0.39 is 0 Å². The van der Waals surface area contributed by atoms with Crippen LogP contribution < -0.4 is 5.32 Å². The maximum atomic E-state index is 5.78. The second-order valence-corrected chi connectivity index (χ2v) is 5.53. The Morgan fingerprint density at radius 3 is 2.29 bits per heavy atom. The van der Waals surface area contributed by atoms with Crippen molar-refractivity contribution in [1.82, 2.24) is 10.2 Å². The summed E-state index contributed by atoms with van der Waals surface area (Å²) in [6, 6.07) is 0.613. The number of nitrogens with one attached hydrogen (secondary N) is 1. The van der Waals surface area contributed by atoms with E-state index in [0.717, 1.165) is 32.1 Å². The van der Waals surface area contributed by atoms with Crippen LogP contribution >= 0.6 is 0 Å². The van der Waals surface area contributed by atoms with Crippen LogP contribution in [0.5, 0.6) is 0 Å². The summed E-state index contributed by atoms with van der Waals surface area (Å²) in [6.07, 6.45) is 1.99. The van der Waals surface area contributed by atoms with Crippen molar-refractivity contribution in [2.75, 3.05) is 26.2 Å². The van der Waals surface area contributed by atoms with Crippen LogP contribution in [0.15, 0.2) is 0 Å². The van der Waals surface area contributed by atoms with Gasteiger partial charge in [-0.15, -0.1) is 0 Å². The number of likely N-dealkylation sites (N-methyl/N-ethyl adjacent to an activating group) is 1. The van der Waals surface area contributed by atoms with E-state index in [2.05, 4.69) is 44.8 Å². The standard InChI is InChI=1S/C14H30N2O/c1-6-11(3)14(15-7-2)10-16-8-12(4)17-13(5)9-16/h11-15H,6-10H2,1-5H3/t11?,12-,13+,14?. The van der Waals surface area contributed by atoms with Gasteiger partial charge < -0.3 is 10.1 Å². The molecule has 0 spiro atoms. The van der Waals surface area contributed by atoms with Crippen molar-refractivity contribution in [1.29, 1.82) is 0 Å². The largest absolute Gasteiger partial charge is 0.373 e. The predicted molar refractivity (Wildman–Crippen MR) is 73.4 cm³/mol. The first-order valence-corrected chi connectivity index (χ1v) is 7.17. The first-order valence-electron chi connectivity index (χ1n) is 7.17. The SMILES string of the molecule is CCNC(CN1C[C@@H](C)O[C@@H](C)C1)C(C)CC. The van der Waals surface area contributed by atoms with E-state index in [4.69, 9.17) is 4.74 Å². The van der Waals surface area contributed by atoms with E-state index >= 15 is 0 Å². The summed E-state index contributed by atoms with van der Waals surface area (Å²) in [7, 11) is 0. The van der Waals surface area contributed by atoms with Crippen LogP contribution in [-0.4, -0.2) is 49.3 Å². The van der Waals surface area contributed by atoms with Crippen LogP contribution in [0.4, 0.5) is 0 Å². The summed E-state index contributed by atoms with van der Waals surface area (Å²) < 4.78 is 5.78. The average molecular weight is 242 g/mol. The van der Waals surface area contributed by atoms with Crippen LogP contribution in [-0.2, 0) is 4.74 Å². The summed E-state index contributed by atoms with van der Waals surface area (Å²) >= 11 is 0. The topological polar surface area (TPSA) is 24.5 Å². The zero-order valence-electron chi connectivity index (χ0n) is 12.2. The fourth-order valence-electron chi connectivity index (χ4n) is 2.70.